The van der Waals surface area contributed by atoms with E-state index in [1.807, 2.05) is 18.2 Å². The van der Waals surface area contributed by atoms with Crippen LogP contribution in [0.1, 0.15) is 0 Å². The quantitative estimate of drug-likeness (QED) is 0.731. The van der Waals surface area contributed by atoms with Gasteiger partial charge < -0.3 is 10.1 Å². The summed E-state index contributed by atoms with van der Waals surface area (Å²) in [7, 11) is 0. The largest absolute Gasteiger partial charge is 0.482 e. The van der Waals surface area contributed by atoms with Crippen molar-refractivity contribution in [2.45, 2.75) is 6.54 Å². The number of ether oxygens (including phenoxy) is 1. The number of nitrogens with one attached hydrogen (secondary N) is 1. The first-order valence-electron chi connectivity index (χ1n) is 7.48. The molecule has 0 spiro atoms. The molecule has 1 amide bonds. The molecule has 2 aromatic heterocycles. The maximum absolute atomic E-state index is 12.3. The van der Waals surface area contributed by atoms with Gasteiger partial charge >= 0.3 is 0 Å². The topological polar surface area (TPSA) is 86.1 Å². The Morgan fingerprint density at radius 3 is 2.88 bits per heavy atom. The van der Waals surface area contributed by atoms with Gasteiger partial charge in [-0.2, -0.15) is 5.10 Å². The lowest BCUT2D eigenvalue weighted by Crippen LogP contribution is -2.34. The van der Waals surface area contributed by atoms with Crippen LogP contribution in [-0.4, -0.2) is 33.8 Å². The number of aromatic nitrogens is 3. The Bertz CT molecular complexity index is 893. The van der Waals surface area contributed by atoms with Gasteiger partial charge in [0.25, 0.3) is 11.5 Å². The van der Waals surface area contributed by atoms with E-state index in [1.54, 1.807) is 30.6 Å². The van der Waals surface area contributed by atoms with Crippen molar-refractivity contribution in [3.63, 3.8) is 0 Å². The number of carbonyl (C=O) groups excluding carboxylic acids is 1. The van der Waals surface area contributed by atoms with E-state index in [0.717, 1.165) is 5.39 Å². The monoisotopic (exact) mass is 324 g/mol. The predicted molar refractivity (Wildman–Crippen MR) is 88.7 cm³/mol. The Morgan fingerprint density at radius 1 is 1.17 bits per heavy atom. The molecule has 0 aliphatic rings. The molecule has 7 heteroatoms. The Labute approximate surface area is 137 Å². The van der Waals surface area contributed by atoms with Crippen molar-refractivity contribution in [3.8, 4) is 5.75 Å². The van der Waals surface area contributed by atoms with Crippen LogP contribution in [0.2, 0.25) is 0 Å². The molecule has 0 fully saturated rings. The van der Waals surface area contributed by atoms with Crippen molar-refractivity contribution >= 4 is 16.7 Å². The van der Waals surface area contributed by atoms with Gasteiger partial charge in [0.05, 0.1) is 24.3 Å². The van der Waals surface area contributed by atoms with Crippen molar-refractivity contribution in [2.75, 3.05) is 13.2 Å². The minimum atomic E-state index is -0.271. The minimum Gasteiger partial charge on any atom is -0.482 e. The summed E-state index contributed by atoms with van der Waals surface area (Å²) in [4.78, 5) is 27.9. The molecule has 122 valence electrons. The van der Waals surface area contributed by atoms with Crippen LogP contribution in [0.4, 0.5) is 0 Å². The van der Waals surface area contributed by atoms with Crippen LogP contribution in [0.3, 0.4) is 0 Å². The molecule has 0 atom stereocenters. The molecule has 0 radical (unpaired) electrons. The predicted octanol–water partition coefficient (Wildman–Crippen LogP) is 0.987. The van der Waals surface area contributed by atoms with Gasteiger partial charge in [0.2, 0.25) is 0 Å². The van der Waals surface area contributed by atoms with E-state index < -0.39 is 0 Å². The number of rotatable bonds is 6. The number of benzene rings is 1. The molecule has 1 N–H and O–H groups in total. The normalized spacial score (nSPS) is 10.5. The number of hydrogen-bond acceptors (Lipinski definition) is 5. The summed E-state index contributed by atoms with van der Waals surface area (Å²) in [5.41, 5.74) is -0.172. The zero-order valence-electron chi connectivity index (χ0n) is 12.9. The highest BCUT2D eigenvalue weighted by molar-refractivity contribution is 5.80. The van der Waals surface area contributed by atoms with Crippen molar-refractivity contribution in [1.82, 2.24) is 20.1 Å². The number of pyridine rings is 1. The summed E-state index contributed by atoms with van der Waals surface area (Å²) in [6.45, 7) is 0.481. The van der Waals surface area contributed by atoms with Crippen molar-refractivity contribution in [1.29, 1.82) is 0 Å². The van der Waals surface area contributed by atoms with Gasteiger partial charge in [-0.3, -0.25) is 14.6 Å². The average Bonchev–Trinajstić information content (AvgIpc) is 2.63. The number of amides is 1. The Hall–Kier alpha value is -3.22. The summed E-state index contributed by atoms with van der Waals surface area (Å²) in [5.74, 6) is 0.257. The van der Waals surface area contributed by atoms with E-state index in [1.165, 1.54) is 10.9 Å². The van der Waals surface area contributed by atoms with E-state index >= 15 is 0 Å². The average molecular weight is 324 g/mol. The summed E-state index contributed by atoms with van der Waals surface area (Å²) >= 11 is 0. The fourth-order valence-electron chi connectivity index (χ4n) is 2.22. The molecular formula is C17H16N4O3. The second-order valence-electron chi connectivity index (χ2n) is 5.09. The molecule has 0 bridgehead atoms. The van der Waals surface area contributed by atoms with Gasteiger partial charge in [-0.25, -0.2) is 4.68 Å². The summed E-state index contributed by atoms with van der Waals surface area (Å²) in [6, 6.07) is 10.7. The molecule has 0 saturated heterocycles. The molecule has 7 nitrogen and oxygen atoms in total. The molecule has 24 heavy (non-hydrogen) atoms. The number of fused-ring (bicyclic) bond motifs is 1. The summed E-state index contributed by atoms with van der Waals surface area (Å²) in [5, 5.41) is 8.21. The third-order valence-corrected chi connectivity index (χ3v) is 3.41. The van der Waals surface area contributed by atoms with Crippen molar-refractivity contribution in [3.05, 3.63) is 65.3 Å². The Balaban J connectivity index is 1.52. The van der Waals surface area contributed by atoms with Crippen LogP contribution >= 0.6 is 0 Å². The third-order valence-electron chi connectivity index (χ3n) is 3.41. The van der Waals surface area contributed by atoms with E-state index in [4.69, 9.17) is 4.74 Å². The second-order valence-corrected chi connectivity index (χ2v) is 5.09. The molecule has 0 aliphatic heterocycles. The molecule has 2 heterocycles. The highest BCUT2D eigenvalue weighted by Crippen LogP contribution is 2.06. The Kier molecular flexibility index (Phi) is 4.81. The van der Waals surface area contributed by atoms with Crippen LogP contribution in [-0.2, 0) is 11.3 Å². The fraction of sp³-hybridized carbons (Fsp3) is 0.176. The van der Waals surface area contributed by atoms with Crippen LogP contribution in [0, 0.1) is 0 Å². The number of nitrogens with zero attached hydrogens (tertiary/aromatic N) is 3. The van der Waals surface area contributed by atoms with Gasteiger partial charge in [-0.1, -0.05) is 18.2 Å². The van der Waals surface area contributed by atoms with Crippen molar-refractivity contribution < 1.29 is 9.53 Å². The van der Waals surface area contributed by atoms with E-state index in [9.17, 15) is 9.59 Å². The molecule has 0 aliphatic carbocycles. The van der Waals surface area contributed by atoms with Crippen LogP contribution < -0.4 is 15.6 Å². The first-order chi connectivity index (χ1) is 11.7. The lowest BCUT2D eigenvalue weighted by Gasteiger charge is -2.08. The molecule has 3 aromatic rings. The SMILES string of the molecule is O=C(COc1cccnc1)NCCn1ncc2ccccc2c1=O. The highest BCUT2D eigenvalue weighted by Gasteiger charge is 2.05. The molecule has 3 rings (SSSR count). The standard InChI is InChI=1S/C17H16N4O3/c22-16(12-24-14-5-3-7-18-11-14)19-8-9-21-17(23)15-6-2-1-4-13(15)10-20-21/h1-7,10-11H,8-9,12H2,(H,19,22). The van der Waals surface area contributed by atoms with Gasteiger partial charge in [-0.05, 0) is 18.2 Å². The minimum absolute atomic E-state index is 0.105. The molecule has 1 aromatic carbocycles. The second kappa shape index (κ2) is 7.36. The summed E-state index contributed by atoms with van der Waals surface area (Å²) < 4.78 is 6.63. The van der Waals surface area contributed by atoms with Gasteiger partial charge in [-0.15, -0.1) is 0 Å². The molecular weight excluding hydrogens is 308 g/mol. The lowest BCUT2D eigenvalue weighted by atomic mass is 10.2. The van der Waals surface area contributed by atoms with Crippen LogP contribution in [0.25, 0.3) is 10.8 Å². The van der Waals surface area contributed by atoms with E-state index in [0.29, 0.717) is 24.2 Å². The smallest absolute Gasteiger partial charge is 0.274 e. The first-order valence-corrected chi connectivity index (χ1v) is 7.48. The molecule has 0 saturated carbocycles. The third kappa shape index (κ3) is 3.75. The van der Waals surface area contributed by atoms with Crippen molar-refractivity contribution in [2.24, 2.45) is 0 Å². The lowest BCUT2D eigenvalue weighted by molar-refractivity contribution is -0.123. The fourth-order valence-corrected chi connectivity index (χ4v) is 2.22. The van der Waals surface area contributed by atoms with Gasteiger partial charge in [0.15, 0.2) is 6.61 Å². The van der Waals surface area contributed by atoms with E-state index in [-0.39, 0.29) is 18.1 Å². The zero-order chi connectivity index (χ0) is 16.8. The summed E-state index contributed by atoms with van der Waals surface area (Å²) in [6.07, 6.45) is 4.80. The molecule has 0 unspecified atom stereocenters. The van der Waals surface area contributed by atoms with Crippen LogP contribution in [0.15, 0.2) is 59.8 Å². The number of hydrogen-bond donors (Lipinski definition) is 1. The first kappa shape index (κ1) is 15.7. The van der Waals surface area contributed by atoms with Gasteiger partial charge in [0, 0.05) is 18.1 Å². The zero-order valence-corrected chi connectivity index (χ0v) is 12.9. The van der Waals surface area contributed by atoms with E-state index in [2.05, 4.69) is 15.4 Å². The Morgan fingerprint density at radius 2 is 2.04 bits per heavy atom. The highest BCUT2D eigenvalue weighted by atomic mass is 16.5. The number of carbonyl (C=O) groups is 1. The maximum atomic E-state index is 12.3. The maximum Gasteiger partial charge on any atom is 0.274 e. The van der Waals surface area contributed by atoms with Crippen LogP contribution in [0.5, 0.6) is 5.75 Å². The van der Waals surface area contributed by atoms with Gasteiger partial charge in [0.1, 0.15) is 5.75 Å².